The molecule has 1 atom stereocenters. The highest BCUT2D eigenvalue weighted by Gasteiger charge is 2.17. The second-order valence-electron chi connectivity index (χ2n) is 5.00. The molecule has 0 saturated heterocycles. The van der Waals surface area contributed by atoms with Gasteiger partial charge in [0.1, 0.15) is 5.15 Å². The number of benzene rings is 1. The fraction of sp³-hybridized carbons (Fsp3) is 0.400. The van der Waals surface area contributed by atoms with Crippen LogP contribution in [0.3, 0.4) is 0 Å². The van der Waals surface area contributed by atoms with Gasteiger partial charge >= 0.3 is 0 Å². The van der Waals surface area contributed by atoms with E-state index in [9.17, 15) is 0 Å². The standard InChI is InChI=1S/C15H17BrCl2N2/c1-10-13(15(18)20(2)19-10)8-11(9-17)7-12-5-3-4-6-14(12)16/h3-6,11H,7-9H2,1-2H3. The molecule has 0 aliphatic carbocycles. The molecular formula is C15H17BrCl2N2. The van der Waals surface area contributed by atoms with Crippen molar-refractivity contribution < 1.29 is 0 Å². The van der Waals surface area contributed by atoms with E-state index in [0.717, 1.165) is 28.6 Å². The van der Waals surface area contributed by atoms with Crippen LogP contribution in [-0.4, -0.2) is 15.7 Å². The Hall–Kier alpha value is -0.510. The van der Waals surface area contributed by atoms with E-state index in [4.69, 9.17) is 23.2 Å². The first-order valence-electron chi connectivity index (χ1n) is 6.50. The smallest absolute Gasteiger partial charge is 0.130 e. The minimum Gasteiger partial charge on any atom is -0.257 e. The summed E-state index contributed by atoms with van der Waals surface area (Å²) in [6.07, 6.45) is 1.78. The van der Waals surface area contributed by atoms with Crippen LogP contribution >= 0.6 is 39.1 Å². The highest BCUT2D eigenvalue weighted by molar-refractivity contribution is 9.10. The third kappa shape index (κ3) is 3.57. The molecule has 0 N–H and O–H groups in total. The lowest BCUT2D eigenvalue weighted by molar-refractivity contribution is 0.581. The Morgan fingerprint density at radius 2 is 2.00 bits per heavy atom. The summed E-state index contributed by atoms with van der Waals surface area (Å²) >= 11 is 16.0. The van der Waals surface area contributed by atoms with Crippen LogP contribution in [0.5, 0.6) is 0 Å². The molecule has 0 bridgehead atoms. The maximum absolute atomic E-state index is 6.30. The summed E-state index contributed by atoms with van der Waals surface area (Å²) in [5, 5.41) is 5.07. The number of aryl methyl sites for hydroxylation is 2. The maximum Gasteiger partial charge on any atom is 0.130 e. The van der Waals surface area contributed by atoms with Gasteiger partial charge in [0.25, 0.3) is 0 Å². The molecule has 2 nitrogen and oxygen atoms in total. The van der Waals surface area contributed by atoms with Crippen molar-refractivity contribution in [1.29, 1.82) is 0 Å². The van der Waals surface area contributed by atoms with Crippen LogP contribution in [-0.2, 0) is 19.9 Å². The van der Waals surface area contributed by atoms with Gasteiger partial charge in [-0.05, 0) is 37.3 Å². The molecule has 0 aliphatic heterocycles. The molecule has 1 heterocycles. The van der Waals surface area contributed by atoms with Gasteiger partial charge in [-0.3, -0.25) is 4.68 Å². The fourth-order valence-electron chi connectivity index (χ4n) is 2.35. The predicted molar refractivity (Wildman–Crippen MR) is 88.7 cm³/mol. The van der Waals surface area contributed by atoms with Gasteiger partial charge in [0.15, 0.2) is 0 Å². The highest BCUT2D eigenvalue weighted by Crippen LogP contribution is 2.26. The topological polar surface area (TPSA) is 17.8 Å². The van der Waals surface area contributed by atoms with Gasteiger partial charge in [-0.1, -0.05) is 45.7 Å². The largest absolute Gasteiger partial charge is 0.257 e. The third-order valence-electron chi connectivity index (χ3n) is 3.45. The fourth-order valence-corrected chi connectivity index (χ4v) is 3.27. The molecule has 2 rings (SSSR count). The summed E-state index contributed by atoms with van der Waals surface area (Å²) in [7, 11) is 1.86. The van der Waals surface area contributed by atoms with Gasteiger partial charge in [0.05, 0.1) is 5.69 Å². The van der Waals surface area contributed by atoms with Crippen molar-refractivity contribution in [3.63, 3.8) is 0 Å². The zero-order valence-electron chi connectivity index (χ0n) is 11.5. The summed E-state index contributed by atoms with van der Waals surface area (Å²) in [5.74, 6) is 0.946. The van der Waals surface area contributed by atoms with Crippen LogP contribution in [0.1, 0.15) is 16.8 Å². The quantitative estimate of drug-likeness (QED) is 0.687. The Morgan fingerprint density at radius 3 is 2.55 bits per heavy atom. The highest BCUT2D eigenvalue weighted by atomic mass is 79.9. The zero-order valence-corrected chi connectivity index (χ0v) is 14.6. The molecule has 108 valence electrons. The van der Waals surface area contributed by atoms with E-state index in [1.807, 2.05) is 26.1 Å². The first-order chi connectivity index (χ1) is 9.52. The Labute approximate surface area is 138 Å². The Bertz CT molecular complexity index is 596. The summed E-state index contributed by atoms with van der Waals surface area (Å²) in [6, 6.07) is 8.25. The van der Waals surface area contributed by atoms with Crippen molar-refractivity contribution >= 4 is 39.1 Å². The van der Waals surface area contributed by atoms with Crippen molar-refractivity contribution in [2.45, 2.75) is 19.8 Å². The molecule has 0 spiro atoms. The molecule has 5 heteroatoms. The lowest BCUT2D eigenvalue weighted by Gasteiger charge is -2.15. The molecule has 1 aromatic carbocycles. The molecule has 1 aromatic heterocycles. The normalized spacial score (nSPS) is 12.7. The van der Waals surface area contributed by atoms with Gasteiger partial charge in [0, 0.05) is 23.0 Å². The van der Waals surface area contributed by atoms with E-state index in [1.54, 1.807) is 4.68 Å². The second kappa shape index (κ2) is 6.97. The van der Waals surface area contributed by atoms with E-state index in [-0.39, 0.29) is 0 Å². The van der Waals surface area contributed by atoms with Crippen molar-refractivity contribution in [2.24, 2.45) is 13.0 Å². The van der Waals surface area contributed by atoms with Crippen LogP contribution in [0.25, 0.3) is 0 Å². The number of hydrogen-bond donors (Lipinski definition) is 0. The average Bonchev–Trinajstić information content (AvgIpc) is 2.66. The van der Waals surface area contributed by atoms with Crippen molar-refractivity contribution in [1.82, 2.24) is 9.78 Å². The monoisotopic (exact) mass is 374 g/mol. The van der Waals surface area contributed by atoms with Crippen molar-refractivity contribution in [3.8, 4) is 0 Å². The number of rotatable bonds is 5. The van der Waals surface area contributed by atoms with Crippen LogP contribution in [0.15, 0.2) is 28.7 Å². The molecule has 1 unspecified atom stereocenters. The Morgan fingerprint density at radius 1 is 1.30 bits per heavy atom. The molecule has 0 aliphatic rings. The summed E-state index contributed by atoms with van der Waals surface area (Å²) in [4.78, 5) is 0. The molecular weight excluding hydrogens is 359 g/mol. The third-order valence-corrected chi connectivity index (χ3v) is 5.13. The van der Waals surface area contributed by atoms with Gasteiger partial charge in [-0.25, -0.2) is 0 Å². The summed E-state index contributed by atoms with van der Waals surface area (Å²) < 4.78 is 2.85. The number of alkyl halides is 1. The van der Waals surface area contributed by atoms with Crippen LogP contribution < -0.4 is 0 Å². The number of hydrogen-bond acceptors (Lipinski definition) is 1. The van der Waals surface area contributed by atoms with Gasteiger partial charge in [-0.15, -0.1) is 11.6 Å². The molecule has 0 radical (unpaired) electrons. The molecule has 20 heavy (non-hydrogen) atoms. The molecule has 0 amide bonds. The zero-order chi connectivity index (χ0) is 14.7. The van der Waals surface area contributed by atoms with E-state index in [0.29, 0.717) is 17.0 Å². The van der Waals surface area contributed by atoms with Crippen molar-refractivity contribution in [3.05, 3.63) is 50.7 Å². The minimum absolute atomic E-state index is 0.343. The van der Waals surface area contributed by atoms with Gasteiger partial charge in [0.2, 0.25) is 0 Å². The van der Waals surface area contributed by atoms with Crippen LogP contribution in [0.2, 0.25) is 5.15 Å². The van der Waals surface area contributed by atoms with E-state index in [1.165, 1.54) is 5.56 Å². The number of aromatic nitrogens is 2. The predicted octanol–water partition coefficient (Wildman–Crippen LogP) is 4.78. The van der Waals surface area contributed by atoms with E-state index >= 15 is 0 Å². The lowest BCUT2D eigenvalue weighted by Crippen LogP contribution is -2.11. The average molecular weight is 376 g/mol. The summed E-state index contributed by atoms with van der Waals surface area (Å²) in [5.41, 5.74) is 3.36. The second-order valence-corrected chi connectivity index (χ2v) is 6.52. The maximum atomic E-state index is 6.30. The van der Waals surface area contributed by atoms with Gasteiger partial charge < -0.3 is 0 Å². The van der Waals surface area contributed by atoms with Gasteiger partial charge in [-0.2, -0.15) is 5.10 Å². The first-order valence-corrected chi connectivity index (χ1v) is 8.20. The molecule has 2 aromatic rings. The number of halogens is 3. The van der Waals surface area contributed by atoms with Crippen molar-refractivity contribution in [2.75, 3.05) is 5.88 Å². The Balaban J connectivity index is 2.15. The summed E-state index contributed by atoms with van der Waals surface area (Å²) in [6.45, 7) is 1.99. The van der Waals surface area contributed by atoms with Crippen LogP contribution in [0.4, 0.5) is 0 Å². The SMILES string of the molecule is Cc1nn(C)c(Cl)c1CC(CCl)Cc1ccccc1Br. The minimum atomic E-state index is 0.343. The Kier molecular flexibility index (Phi) is 5.53. The molecule has 0 fully saturated rings. The lowest BCUT2D eigenvalue weighted by atomic mass is 9.94. The molecule has 0 saturated carbocycles. The first kappa shape index (κ1) is 15.9. The van der Waals surface area contributed by atoms with Crippen LogP contribution in [0, 0.1) is 12.8 Å². The van der Waals surface area contributed by atoms with E-state index < -0.39 is 0 Å². The number of nitrogens with zero attached hydrogens (tertiary/aromatic N) is 2. The van der Waals surface area contributed by atoms with E-state index in [2.05, 4.69) is 33.2 Å².